The monoisotopic (exact) mass is 402 g/mol. The lowest BCUT2D eigenvalue weighted by molar-refractivity contribution is 0.779. The van der Waals surface area contributed by atoms with E-state index in [-0.39, 0.29) is 0 Å². The predicted molar refractivity (Wildman–Crippen MR) is 121 cm³/mol. The molecule has 6 heteroatoms. The van der Waals surface area contributed by atoms with Gasteiger partial charge in [-0.2, -0.15) is 0 Å². The normalized spacial score (nSPS) is 11.5. The molecule has 0 unspecified atom stereocenters. The SMILES string of the molecule is CCc1ccc(/N=C/N(C)SN(C)/C=N/c2ccc(Cl)cc2C)c(CC)c1. The molecule has 0 saturated heterocycles. The summed E-state index contributed by atoms with van der Waals surface area (Å²) in [5.74, 6) is 0. The first-order chi connectivity index (χ1) is 12.9. The summed E-state index contributed by atoms with van der Waals surface area (Å²) in [6.45, 7) is 6.33. The Labute approximate surface area is 172 Å². The number of hydrogen-bond donors (Lipinski definition) is 0. The van der Waals surface area contributed by atoms with Crippen molar-refractivity contribution in [3.8, 4) is 0 Å². The minimum absolute atomic E-state index is 0.726. The van der Waals surface area contributed by atoms with Gasteiger partial charge in [-0.15, -0.1) is 0 Å². The molecule has 0 aliphatic rings. The zero-order chi connectivity index (χ0) is 19.8. The largest absolute Gasteiger partial charge is 0.292 e. The van der Waals surface area contributed by atoms with Crippen LogP contribution in [-0.2, 0) is 12.8 Å². The third kappa shape index (κ3) is 6.60. The fraction of sp³-hybridized carbons (Fsp3) is 0.333. The Bertz CT molecular complexity index is 820. The highest BCUT2D eigenvalue weighted by Gasteiger charge is 2.03. The summed E-state index contributed by atoms with van der Waals surface area (Å²) in [4.78, 5) is 9.16. The van der Waals surface area contributed by atoms with Crippen LogP contribution < -0.4 is 0 Å². The van der Waals surface area contributed by atoms with E-state index in [1.165, 1.54) is 23.3 Å². The van der Waals surface area contributed by atoms with E-state index >= 15 is 0 Å². The van der Waals surface area contributed by atoms with Gasteiger partial charge in [-0.05, 0) is 60.7 Å². The Morgan fingerprint density at radius 1 is 0.926 bits per heavy atom. The number of nitrogens with zero attached hydrogens (tertiary/aromatic N) is 4. The van der Waals surface area contributed by atoms with E-state index in [4.69, 9.17) is 11.6 Å². The maximum Gasteiger partial charge on any atom is 0.102 e. The number of halogens is 1. The lowest BCUT2D eigenvalue weighted by Gasteiger charge is -2.18. The second-order valence-corrected chi connectivity index (χ2v) is 8.02. The van der Waals surface area contributed by atoms with E-state index in [0.717, 1.165) is 34.8 Å². The van der Waals surface area contributed by atoms with Gasteiger partial charge in [-0.1, -0.05) is 37.6 Å². The maximum absolute atomic E-state index is 5.98. The molecule has 0 aliphatic carbocycles. The van der Waals surface area contributed by atoms with Gasteiger partial charge in [0.2, 0.25) is 0 Å². The van der Waals surface area contributed by atoms with Crippen LogP contribution in [0, 0.1) is 6.92 Å². The molecule has 0 heterocycles. The molecule has 27 heavy (non-hydrogen) atoms. The molecule has 0 N–H and O–H groups in total. The van der Waals surface area contributed by atoms with Gasteiger partial charge in [0.15, 0.2) is 0 Å². The van der Waals surface area contributed by atoms with Gasteiger partial charge >= 0.3 is 0 Å². The van der Waals surface area contributed by atoms with E-state index in [2.05, 4.69) is 42.0 Å². The Hall–Kier alpha value is -1.98. The number of benzene rings is 2. The molecule has 144 valence electrons. The van der Waals surface area contributed by atoms with Crippen molar-refractivity contribution in [3.63, 3.8) is 0 Å². The Morgan fingerprint density at radius 3 is 2.15 bits per heavy atom. The average Bonchev–Trinajstić information content (AvgIpc) is 2.65. The first-order valence-corrected chi connectivity index (χ1v) is 10.1. The van der Waals surface area contributed by atoms with Crippen LogP contribution in [0.2, 0.25) is 5.02 Å². The molecule has 2 aromatic carbocycles. The smallest absolute Gasteiger partial charge is 0.102 e. The molecule has 2 aromatic rings. The number of rotatable bonds is 8. The summed E-state index contributed by atoms with van der Waals surface area (Å²) < 4.78 is 3.88. The van der Waals surface area contributed by atoms with Crippen molar-refractivity contribution in [2.75, 3.05) is 14.1 Å². The molecule has 2 rings (SSSR count). The van der Waals surface area contributed by atoms with Crippen LogP contribution in [0.5, 0.6) is 0 Å². The Morgan fingerprint density at radius 2 is 1.56 bits per heavy atom. The molecular formula is C21H27ClN4S. The lowest BCUT2D eigenvalue weighted by atomic mass is 10.1. The van der Waals surface area contributed by atoms with Crippen LogP contribution in [-0.4, -0.2) is 35.4 Å². The highest BCUT2D eigenvalue weighted by Crippen LogP contribution is 2.23. The standard InChI is InChI=1S/C21H27ClN4S/c1-6-17-8-10-21(18(7-2)13-17)24-15-26(5)27-25(4)14-23-20-11-9-19(22)12-16(20)3/h8-15H,6-7H2,1-5H3/b23-14+,24-15+. The minimum atomic E-state index is 0.726. The fourth-order valence-corrected chi connectivity index (χ4v) is 3.38. The van der Waals surface area contributed by atoms with Gasteiger partial charge in [-0.3, -0.25) is 8.61 Å². The Balaban J connectivity index is 1.97. The van der Waals surface area contributed by atoms with Gasteiger partial charge in [0.1, 0.15) is 12.7 Å². The van der Waals surface area contributed by atoms with Crippen LogP contribution >= 0.6 is 23.7 Å². The van der Waals surface area contributed by atoms with Crippen molar-refractivity contribution in [2.45, 2.75) is 33.6 Å². The summed E-state index contributed by atoms with van der Waals surface area (Å²) in [5.41, 5.74) is 5.61. The zero-order valence-corrected chi connectivity index (χ0v) is 18.2. The van der Waals surface area contributed by atoms with Crippen LogP contribution in [0.25, 0.3) is 0 Å². The number of hydrogen-bond acceptors (Lipinski definition) is 3. The summed E-state index contributed by atoms with van der Waals surface area (Å²) in [6, 6.07) is 12.2. The highest BCUT2D eigenvalue weighted by molar-refractivity contribution is 7.95. The van der Waals surface area contributed by atoms with Gasteiger partial charge in [0, 0.05) is 19.1 Å². The molecule has 4 nitrogen and oxygen atoms in total. The molecule has 0 aromatic heterocycles. The highest BCUT2D eigenvalue weighted by atomic mass is 35.5. The van der Waals surface area contributed by atoms with Gasteiger partial charge in [-0.25, -0.2) is 9.98 Å². The van der Waals surface area contributed by atoms with E-state index in [1.807, 2.05) is 54.2 Å². The van der Waals surface area contributed by atoms with Gasteiger partial charge < -0.3 is 0 Å². The number of aliphatic imine (C=N–C) groups is 2. The minimum Gasteiger partial charge on any atom is -0.292 e. The second kappa shape index (κ2) is 10.4. The summed E-state index contributed by atoms with van der Waals surface area (Å²) in [6.07, 6.45) is 5.65. The molecule has 0 aliphatic heterocycles. The van der Waals surface area contributed by atoms with E-state index < -0.39 is 0 Å². The van der Waals surface area contributed by atoms with Crippen LogP contribution in [0.15, 0.2) is 46.4 Å². The molecule has 0 saturated carbocycles. The molecule has 0 atom stereocenters. The summed E-state index contributed by atoms with van der Waals surface area (Å²) in [7, 11) is 3.93. The van der Waals surface area contributed by atoms with Crippen molar-refractivity contribution in [1.29, 1.82) is 0 Å². The average molecular weight is 403 g/mol. The first-order valence-electron chi connectivity index (χ1n) is 9.03. The van der Waals surface area contributed by atoms with E-state index in [1.54, 1.807) is 6.34 Å². The number of aryl methyl sites for hydroxylation is 3. The van der Waals surface area contributed by atoms with E-state index in [0.29, 0.717) is 0 Å². The fourth-order valence-electron chi connectivity index (χ4n) is 2.56. The van der Waals surface area contributed by atoms with Crippen molar-refractivity contribution in [1.82, 2.24) is 8.61 Å². The molecule has 0 fully saturated rings. The summed E-state index contributed by atoms with van der Waals surface area (Å²) in [5, 5.41) is 0.726. The van der Waals surface area contributed by atoms with Gasteiger partial charge in [0.05, 0.1) is 23.5 Å². The molecule has 0 spiro atoms. The second-order valence-electron chi connectivity index (χ2n) is 6.26. The topological polar surface area (TPSA) is 31.2 Å². The quantitative estimate of drug-likeness (QED) is 0.298. The van der Waals surface area contributed by atoms with Gasteiger partial charge in [0.25, 0.3) is 0 Å². The zero-order valence-electron chi connectivity index (χ0n) is 16.6. The van der Waals surface area contributed by atoms with Crippen LogP contribution in [0.4, 0.5) is 11.4 Å². The van der Waals surface area contributed by atoms with Crippen molar-refractivity contribution >= 4 is 47.8 Å². The van der Waals surface area contributed by atoms with E-state index in [9.17, 15) is 0 Å². The van der Waals surface area contributed by atoms with Crippen LogP contribution in [0.3, 0.4) is 0 Å². The van der Waals surface area contributed by atoms with Crippen molar-refractivity contribution in [2.24, 2.45) is 9.98 Å². The third-order valence-corrected chi connectivity index (χ3v) is 5.01. The molecule has 0 amide bonds. The lowest BCUT2D eigenvalue weighted by Crippen LogP contribution is -2.16. The summed E-state index contributed by atoms with van der Waals surface area (Å²) >= 11 is 7.49. The third-order valence-electron chi connectivity index (χ3n) is 4.07. The molecule has 0 bridgehead atoms. The van der Waals surface area contributed by atoms with Crippen molar-refractivity contribution in [3.05, 3.63) is 58.1 Å². The molecular weight excluding hydrogens is 376 g/mol. The van der Waals surface area contributed by atoms with Crippen LogP contribution in [0.1, 0.15) is 30.5 Å². The Kier molecular flexibility index (Phi) is 8.20. The maximum atomic E-state index is 5.98. The molecule has 0 radical (unpaired) electrons. The predicted octanol–water partition coefficient (Wildman–Crippen LogP) is 6.22. The van der Waals surface area contributed by atoms with Crippen molar-refractivity contribution < 1.29 is 0 Å². The first kappa shape index (κ1) is 21.3.